The standard InChI is InChI=1S/C16H27N5O.ClH/c1-10(2)13-9-12(19-21(13)16(4,5)6)15-18-14(20-22-15)8-11(3)17-7;/h9-11,17H,8H2,1-7H3;1H. The Morgan fingerprint density at radius 1 is 1.26 bits per heavy atom. The molecule has 0 spiro atoms. The average Bonchev–Trinajstić information content (AvgIpc) is 3.03. The van der Waals surface area contributed by atoms with Crippen LogP contribution in [0, 0.1) is 0 Å². The van der Waals surface area contributed by atoms with Crippen molar-refractivity contribution >= 4 is 12.4 Å². The van der Waals surface area contributed by atoms with Crippen molar-refractivity contribution in [3.8, 4) is 11.6 Å². The van der Waals surface area contributed by atoms with Crippen molar-refractivity contribution in [3.63, 3.8) is 0 Å². The lowest BCUT2D eigenvalue weighted by Gasteiger charge is -2.23. The van der Waals surface area contributed by atoms with Gasteiger partial charge in [0.25, 0.3) is 5.89 Å². The third kappa shape index (κ3) is 4.54. The zero-order valence-electron chi connectivity index (χ0n) is 15.0. The number of rotatable bonds is 5. The van der Waals surface area contributed by atoms with Gasteiger partial charge < -0.3 is 9.84 Å². The molecule has 2 heterocycles. The van der Waals surface area contributed by atoms with E-state index in [0.29, 0.717) is 23.7 Å². The SMILES string of the molecule is CNC(C)Cc1noc(-c2cc(C(C)C)n(C(C)(C)C)n2)n1.Cl. The zero-order valence-corrected chi connectivity index (χ0v) is 15.9. The number of nitrogens with zero attached hydrogens (tertiary/aromatic N) is 4. The molecule has 0 radical (unpaired) electrons. The molecule has 2 aromatic heterocycles. The van der Waals surface area contributed by atoms with Crippen LogP contribution in [0.15, 0.2) is 10.6 Å². The molecular formula is C16H28ClN5O. The van der Waals surface area contributed by atoms with Crippen LogP contribution in [0.25, 0.3) is 11.6 Å². The Kier molecular flexibility index (Phi) is 6.36. The first-order chi connectivity index (χ1) is 10.2. The van der Waals surface area contributed by atoms with E-state index in [9.17, 15) is 0 Å². The van der Waals surface area contributed by atoms with E-state index < -0.39 is 0 Å². The first-order valence-electron chi connectivity index (χ1n) is 7.83. The number of nitrogens with one attached hydrogen (secondary N) is 1. The van der Waals surface area contributed by atoms with Crippen LogP contribution in [0.2, 0.25) is 0 Å². The number of hydrogen-bond donors (Lipinski definition) is 1. The fraction of sp³-hybridized carbons (Fsp3) is 0.688. The Morgan fingerprint density at radius 2 is 1.91 bits per heavy atom. The number of aromatic nitrogens is 4. The maximum Gasteiger partial charge on any atom is 0.278 e. The molecule has 1 unspecified atom stereocenters. The van der Waals surface area contributed by atoms with Crippen LogP contribution < -0.4 is 5.32 Å². The summed E-state index contributed by atoms with van der Waals surface area (Å²) in [6, 6.07) is 2.36. The minimum atomic E-state index is -0.0820. The lowest BCUT2D eigenvalue weighted by atomic mass is 10.1. The first kappa shape index (κ1) is 19.6. The molecule has 0 amide bonds. The fourth-order valence-electron chi connectivity index (χ4n) is 2.27. The molecule has 0 aliphatic rings. The highest BCUT2D eigenvalue weighted by molar-refractivity contribution is 5.85. The molecule has 0 aliphatic heterocycles. The summed E-state index contributed by atoms with van der Waals surface area (Å²) in [6.07, 6.45) is 0.733. The molecule has 6 nitrogen and oxygen atoms in total. The summed E-state index contributed by atoms with van der Waals surface area (Å²) in [4.78, 5) is 4.47. The summed E-state index contributed by atoms with van der Waals surface area (Å²) >= 11 is 0. The van der Waals surface area contributed by atoms with Gasteiger partial charge in [0.2, 0.25) is 0 Å². The lowest BCUT2D eigenvalue weighted by molar-refractivity contribution is 0.338. The highest BCUT2D eigenvalue weighted by Gasteiger charge is 2.23. The van der Waals surface area contributed by atoms with Gasteiger partial charge >= 0.3 is 0 Å². The van der Waals surface area contributed by atoms with Crippen LogP contribution in [0.5, 0.6) is 0 Å². The van der Waals surface area contributed by atoms with Crippen molar-refractivity contribution in [3.05, 3.63) is 17.6 Å². The molecule has 2 rings (SSSR count). The number of likely N-dealkylation sites (N-methyl/N-ethyl adjacent to an activating group) is 1. The summed E-state index contributed by atoms with van der Waals surface area (Å²) in [7, 11) is 1.92. The van der Waals surface area contributed by atoms with Crippen LogP contribution in [-0.2, 0) is 12.0 Å². The first-order valence-corrected chi connectivity index (χ1v) is 7.83. The second kappa shape index (κ2) is 7.45. The Balaban J connectivity index is 0.00000264. The zero-order chi connectivity index (χ0) is 16.5. The largest absolute Gasteiger partial charge is 0.332 e. The van der Waals surface area contributed by atoms with Gasteiger partial charge in [-0.05, 0) is 46.7 Å². The Bertz CT molecular complexity index is 627. The molecule has 130 valence electrons. The predicted molar refractivity (Wildman–Crippen MR) is 94.1 cm³/mol. The minimum absolute atomic E-state index is 0. The maximum absolute atomic E-state index is 5.39. The van der Waals surface area contributed by atoms with Crippen molar-refractivity contribution in [1.29, 1.82) is 0 Å². The van der Waals surface area contributed by atoms with E-state index in [4.69, 9.17) is 9.62 Å². The third-order valence-corrected chi connectivity index (χ3v) is 3.63. The molecule has 0 saturated heterocycles. The molecule has 0 aromatic carbocycles. The monoisotopic (exact) mass is 341 g/mol. The van der Waals surface area contributed by atoms with E-state index in [1.54, 1.807) is 0 Å². The van der Waals surface area contributed by atoms with Crippen LogP contribution >= 0.6 is 12.4 Å². The molecule has 2 aromatic rings. The molecular weight excluding hydrogens is 314 g/mol. The fourth-order valence-corrected chi connectivity index (χ4v) is 2.27. The normalized spacial score (nSPS) is 13.2. The van der Waals surface area contributed by atoms with Gasteiger partial charge in [-0.2, -0.15) is 10.1 Å². The van der Waals surface area contributed by atoms with Gasteiger partial charge in [-0.1, -0.05) is 19.0 Å². The summed E-state index contributed by atoms with van der Waals surface area (Å²) in [6.45, 7) is 12.8. The maximum atomic E-state index is 5.39. The Morgan fingerprint density at radius 3 is 2.39 bits per heavy atom. The molecule has 0 bridgehead atoms. The van der Waals surface area contributed by atoms with Crippen LogP contribution in [0.3, 0.4) is 0 Å². The van der Waals surface area contributed by atoms with Crippen LogP contribution in [0.4, 0.5) is 0 Å². The van der Waals surface area contributed by atoms with Gasteiger partial charge in [-0.15, -0.1) is 12.4 Å². The van der Waals surface area contributed by atoms with Gasteiger partial charge in [-0.3, -0.25) is 4.68 Å². The van der Waals surface area contributed by atoms with E-state index in [1.165, 1.54) is 5.69 Å². The van der Waals surface area contributed by atoms with Gasteiger partial charge in [0.15, 0.2) is 11.5 Å². The topological polar surface area (TPSA) is 68.8 Å². The summed E-state index contributed by atoms with van der Waals surface area (Å²) in [5, 5.41) is 11.9. The molecule has 1 N–H and O–H groups in total. The molecule has 23 heavy (non-hydrogen) atoms. The second-order valence-electron chi connectivity index (χ2n) is 7.10. The molecule has 0 fully saturated rings. The van der Waals surface area contributed by atoms with Crippen LogP contribution in [0.1, 0.15) is 59.0 Å². The van der Waals surface area contributed by atoms with Gasteiger partial charge in [0, 0.05) is 18.2 Å². The van der Waals surface area contributed by atoms with Gasteiger partial charge in [-0.25, -0.2) is 0 Å². The lowest BCUT2D eigenvalue weighted by Crippen LogP contribution is -2.25. The van der Waals surface area contributed by atoms with E-state index in [-0.39, 0.29) is 17.9 Å². The van der Waals surface area contributed by atoms with Gasteiger partial charge in [0.05, 0.1) is 5.54 Å². The van der Waals surface area contributed by atoms with E-state index in [0.717, 1.165) is 12.1 Å². The molecule has 7 heteroatoms. The Labute approximate surface area is 144 Å². The molecule has 0 aliphatic carbocycles. The summed E-state index contributed by atoms with van der Waals surface area (Å²) in [5.41, 5.74) is 1.83. The average molecular weight is 342 g/mol. The number of hydrogen-bond acceptors (Lipinski definition) is 5. The molecule has 1 atom stereocenters. The highest BCUT2D eigenvalue weighted by Crippen LogP contribution is 2.27. The predicted octanol–water partition coefficient (Wildman–Crippen LogP) is 3.38. The molecule has 0 saturated carbocycles. The van der Waals surface area contributed by atoms with E-state index >= 15 is 0 Å². The quantitative estimate of drug-likeness (QED) is 0.902. The van der Waals surface area contributed by atoms with Crippen molar-refractivity contribution < 1.29 is 4.52 Å². The van der Waals surface area contributed by atoms with E-state index in [1.807, 2.05) is 11.7 Å². The Hall–Kier alpha value is -1.40. The van der Waals surface area contributed by atoms with Crippen LogP contribution in [-0.4, -0.2) is 33.0 Å². The van der Waals surface area contributed by atoms with Crippen molar-refractivity contribution in [2.24, 2.45) is 0 Å². The van der Waals surface area contributed by atoms with Crippen molar-refractivity contribution in [1.82, 2.24) is 25.2 Å². The van der Waals surface area contributed by atoms with Crippen molar-refractivity contribution in [2.75, 3.05) is 7.05 Å². The van der Waals surface area contributed by atoms with Gasteiger partial charge in [0.1, 0.15) is 0 Å². The third-order valence-electron chi connectivity index (χ3n) is 3.63. The smallest absolute Gasteiger partial charge is 0.278 e. The van der Waals surface area contributed by atoms with Crippen molar-refractivity contribution in [2.45, 2.75) is 65.5 Å². The summed E-state index contributed by atoms with van der Waals surface area (Å²) < 4.78 is 7.44. The minimum Gasteiger partial charge on any atom is -0.332 e. The summed E-state index contributed by atoms with van der Waals surface area (Å²) in [5.74, 6) is 1.57. The van der Waals surface area contributed by atoms with E-state index in [2.05, 4.69) is 63.1 Å². The second-order valence-corrected chi connectivity index (χ2v) is 7.10. The number of halogens is 1. The highest BCUT2D eigenvalue weighted by atomic mass is 35.5.